The van der Waals surface area contributed by atoms with Gasteiger partial charge in [0.1, 0.15) is 0 Å². The van der Waals surface area contributed by atoms with Crippen molar-refractivity contribution < 1.29 is 13.6 Å². The molecule has 104 valence electrons. The van der Waals surface area contributed by atoms with Crippen LogP contribution >= 0.6 is 0 Å². The van der Waals surface area contributed by atoms with Gasteiger partial charge in [0.15, 0.2) is 11.6 Å². The zero-order valence-corrected chi connectivity index (χ0v) is 10.7. The highest BCUT2D eigenvalue weighted by molar-refractivity contribution is 5.94. The maximum absolute atomic E-state index is 13.6. The van der Waals surface area contributed by atoms with Crippen LogP contribution in [0.3, 0.4) is 0 Å². The predicted molar refractivity (Wildman–Crippen MR) is 68.7 cm³/mol. The largest absolute Gasteiger partial charge is 0.339 e. The van der Waals surface area contributed by atoms with Crippen molar-refractivity contribution in [3.05, 3.63) is 35.4 Å². The lowest BCUT2D eigenvalue weighted by atomic mass is 9.93. The van der Waals surface area contributed by atoms with Crippen LogP contribution in [0.1, 0.15) is 29.6 Å². The molecule has 0 bridgehead atoms. The summed E-state index contributed by atoms with van der Waals surface area (Å²) in [5, 5.41) is 0. The molecular weight excluding hydrogens is 250 g/mol. The smallest absolute Gasteiger partial charge is 0.256 e. The summed E-state index contributed by atoms with van der Waals surface area (Å²) in [6.07, 6.45) is 2.70. The lowest BCUT2D eigenvalue weighted by Gasteiger charge is -2.32. The van der Waals surface area contributed by atoms with Gasteiger partial charge in [-0.2, -0.15) is 0 Å². The molecule has 5 heteroatoms. The fraction of sp³-hybridized carbons (Fsp3) is 0.500. The summed E-state index contributed by atoms with van der Waals surface area (Å²) in [5.74, 6) is -1.94. The van der Waals surface area contributed by atoms with E-state index in [0.29, 0.717) is 25.6 Å². The third-order valence-corrected chi connectivity index (χ3v) is 3.66. The minimum atomic E-state index is -1.06. The molecule has 1 aliphatic rings. The van der Waals surface area contributed by atoms with Crippen LogP contribution in [0.5, 0.6) is 0 Å². The fourth-order valence-corrected chi connectivity index (χ4v) is 2.50. The molecule has 1 amide bonds. The van der Waals surface area contributed by atoms with E-state index in [1.54, 1.807) is 4.90 Å². The number of nitrogens with two attached hydrogens (primary N) is 1. The quantitative estimate of drug-likeness (QED) is 0.913. The summed E-state index contributed by atoms with van der Waals surface area (Å²) >= 11 is 0. The van der Waals surface area contributed by atoms with Crippen LogP contribution in [-0.4, -0.2) is 30.4 Å². The van der Waals surface area contributed by atoms with E-state index in [9.17, 15) is 13.6 Å². The third kappa shape index (κ3) is 3.10. The average Bonchev–Trinajstić information content (AvgIpc) is 2.42. The van der Waals surface area contributed by atoms with E-state index >= 15 is 0 Å². The summed E-state index contributed by atoms with van der Waals surface area (Å²) in [6, 6.07) is 3.69. The molecule has 0 unspecified atom stereocenters. The Morgan fingerprint density at radius 1 is 1.32 bits per heavy atom. The lowest BCUT2D eigenvalue weighted by Crippen LogP contribution is -2.39. The van der Waals surface area contributed by atoms with Gasteiger partial charge in [0.25, 0.3) is 5.91 Å². The van der Waals surface area contributed by atoms with Crippen LogP contribution in [0.2, 0.25) is 0 Å². The van der Waals surface area contributed by atoms with E-state index < -0.39 is 17.5 Å². The topological polar surface area (TPSA) is 46.3 Å². The highest BCUT2D eigenvalue weighted by Crippen LogP contribution is 2.22. The summed E-state index contributed by atoms with van der Waals surface area (Å²) in [4.78, 5) is 13.7. The second-order valence-electron chi connectivity index (χ2n) is 4.91. The second-order valence-corrected chi connectivity index (χ2v) is 4.91. The molecule has 0 saturated carbocycles. The number of rotatable bonds is 3. The summed E-state index contributed by atoms with van der Waals surface area (Å²) in [7, 11) is 0. The van der Waals surface area contributed by atoms with Gasteiger partial charge in [0, 0.05) is 13.1 Å². The number of piperidine rings is 1. The van der Waals surface area contributed by atoms with E-state index in [2.05, 4.69) is 0 Å². The predicted octanol–water partition coefficient (Wildman–Crippen LogP) is 2.17. The molecule has 0 spiro atoms. The van der Waals surface area contributed by atoms with Crippen molar-refractivity contribution in [2.24, 2.45) is 11.7 Å². The zero-order chi connectivity index (χ0) is 13.8. The number of benzene rings is 1. The molecule has 1 aliphatic heterocycles. The average molecular weight is 268 g/mol. The number of carbonyl (C=O) groups is 1. The Kier molecular flexibility index (Phi) is 4.47. The van der Waals surface area contributed by atoms with Crippen molar-refractivity contribution in [1.82, 2.24) is 4.90 Å². The summed E-state index contributed by atoms with van der Waals surface area (Å²) < 4.78 is 26.7. The minimum absolute atomic E-state index is 0.183. The Hall–Kier alpha value is -1.49. The molecule has 1 heterocycles. The highest BCUT2D eigenvalue weighted by atomic mass is 19.2. The lowest BCUT2D eigenvalue weighted by molar-refractivity contribution is 0.0682. The van der Waals surface area contributed by atoms with Crippen LogP contribution in [0, 0.1) is 17.6 Å². The van der Waals surface area contributed by atoms with Gasteiger partial charge < -0.3 is 10.6 Å². The van der Waals surface area contributed by atoms with Crippen LogP contribution in [0.4, 0.5) is 8.78 Å². The normalized spacial score (nSPS) is 16.7. The summed E-state index contributed by atoms with van der Waals surface area (Å²) in [6.45, 7) is 1.82. The van der Waals surface area contributed by atoms with Crippen LogP contribution in [0.25, 0.3) is 0 Å². The number of nitrogens with zero attached hydrogens (tertiary/aromatic N) is 1. The fourth-order valence-electron chi connectivity index (χ4n) is 2.50. The number of carbonyl (C=O) groups excluding carboxylic acids is 1. The van der Waals surface area contributed by atoms with Gasteiger partial charge in [-0.1, -0.05) is 6.07 Å². The molecule has 0 atom stereocenters. The van der Waals surface area contributed by atoms with Gasteiger partial charge in [-0.3, -0.25) is 4.79 Å². The van der Waals surface area contributed by atoms with Crippen molar-refractivity contribution >= 4 is 5.91 Å². The highest BCUT2D eigenvalue weighted by Gasteiger charge is 2.25. The Labute approximate surface area is 111 Å². The van der Waals surface area contributed by atoms with Crippen molar-refractivity contribution in [3.63, 3.8) is 0 Å². The first-order valence-electron chi connectivity index (χ1n) is 6.57. The Bertz CT molecular complexity index is 457. The first-order chi connectivity index (χ1) is 9.13. The van der Waals surface area contributed by atoms with E-state index in [1.807, 2.05) is 0 Å². The van der Waals surface area contributed by atoms with Crippen LogP contribution in [0.15, 0.2) is 18.2 Å². The maximum Gasteiger partial charge on any atom is 0.256 e. The van der Waals surface area contributed by atoms with Gasteiger partial charge in [-0.15, -0.1) is 0 Å². The molecule has 1 aromatic rings. The molecule has 1 aromatic carbocycles. The molecule has 19 heavy (non-hydrogen) atoms. The number of hydrogen-bond acceptors (Lipinski definition) is 2. The van der Waals surface area contributed by atoms with E-state index in [4.69, 9.17) is 5.73 Å². The molecule has 0 aliphatic carbocycles. The van der Waals surface area contributed by atoms with Gasteiger partial charge in [0.05, 0.1) is 5.56 Å². The Morgan fingerprint density at radius 3 is 2.63 bits per heavy atom. The zero-order valence-electron chi connectivity index (χ0n) is 10.7. The molecule has 1 fully saturated rings. The van der Waals surface area contributed by atoms with Crippen LogP contribution in [-0.2, 0) is 0 Å². The number of hydrogen-bond donors (Lipinski definition) is 1. The molecule has 0 radical (unpaired) electrons. The molecule has 2 rings (SSSR count). The first kappa shape index (κ1) is 13.9. The number of halogens is 2. The second kappa shape index (κ2) is 6.10. The third-order valence-electron chi connectivity index (χ3n) is 3.66. The van der Waals surface area contributed by atoms with Crippen molar-refractivity contribution in [1.29, 1.82) is 0 Å². The standard InChI is InChI=1S/C14H18F2N2O/c15-12-3-1-2-11(13(12)16)14(19)18-8-5-10(4-7-17)6-9-18/h1-3,10H,4-9,17H2. The number of amides is 1. The summed E-state index contributed by atoms with van der Waals surface area (Å²) in [5.41, 5.74) is 5.33. The Morgan fingerprint density at radius 2 is 2.00 bits per heavy atom. The van der Waals surface area contributed by atoms with Crippen molar-refractivity contribution in [3.8, 4) is 0 Å². The molecule has 3 nitrogen and oxygen atoms in total. The first-order valence-corrected chi connectivity index (χ1v) is 6.57. The molecule has 0 aromatic heterocycles. The van der Waals surface area contributed by atoms with Gasteiger partial charge >= 0.3 is 0 Å². The van der Waals surface area contributed by atoms with E-state index in [-0.39, 0.29) is 5.56 Å². The monoisotopic (exact) mass is 268 g/mol. The molecular formula is C14H18F2N2O. The molecule has 2 N–H and O–H groups in total. The Balaban J connectivity index is 2.03. The molecule has 1 saturated heterocycles. The van der Waals surface area contributed by atoms with Gasteiger partial charge in [0.2, 0.25) is 0 Å². The minimum Gasteiger partial charge on any atom is -0.339 e. The van der Waals surface area contributed by atoms with Gasteiger partial charge in [-0.25, -0.2) is 8.78 Å². The maximum atomic E-state index is 13.6. The van der Waals surface area contributed by atoms with Crippen LogP contribution < -0.4 is 5.73 Å². The van der Waals surface area contributed by atoms with Gasteiger partial charge in [-0.05, 0) is 43.9 Å². The van der Waals surface area contributed by atoms with Crippen molar-refractivity contribution in [2.45, 2.75) is 19.3 Å². The van der Waals surface area contributed by atoms with Crippen molar-refractivity contribution in [2.75, 3.05) is 19.6 Å². The van der Waals surface area contributed by atoms with E-state index in [1.165, 1.54) is 12.1 Å². The van der Waals surface area contributed by atoms with E-state index in [0.717, 1.165) is 25.3 Å². The SMILES string of the molecule is NCCC1CCN(C(=O)c2cccc(F)c2F)CC1. The number of likely N-dealkylation sites (tertiary alicyclic amines) is 1.